The largest absolute Gasteiger partial charge is 0.361 e. The first kappa shape index (κ1) is 12.7. The zero-order valence-electron chi connectivity index (χ0n) is 11.6. The third-order valence-electron chi connectivity index (χ3n) is 3.86. The number of H-pyrrole nitrogens is 1. The predicted molar refractivity (Wildman–Crippen MR) is 91.2 cm³/mol. The second-order valence-electron chi connectivity index (χ2n) is 5.33. The third-order valence-corrected chi connectivity index (χ3v) is 5.03. The molecule has 0 spiro atoms. The summed E-state index contributed by atoms with van der Waals surface area (Å²) in [5.74, 6) is 1.07. The van der Waals surface area contributed by atoms with Crippen LogP contribution >= 0.6 is 11.8 Å². The van der Waals surface area contributed by atoms with Crippen LogP contribution in [0.4, 0.5) is 0 Å². The third kappa shape index (κ3) is 2.49. The summed E-state index contributed by atoms with van der Waals surface area (Å²) in [6.45, 7) is 0. The van der Waals surface area contributed by atoms with Crippen molar-refractivity contribution in [3.05, 3.63) is 71.9 Å². The predicted octanol–water partition coefficient (Wildman–Crippen LogP) is 4.27. The number of rotatable bonds is 3. The van der Waals surface area contributed by atoms with Crippen molar-refractivity contribution in [1.82, 2.24) is 4.98 Å². The molecular formula is C18H16N2S. The Balaban J connectivity index is 1.57. The van der Waals surface area contributed by atoms with E-state index in [0.29, 0.717) is 6.04 Å². The van der Waals surface area contributed by atoms with E-state index >= 15 is 0 Å². The summed E-state index contributed by atoms with van der Waals surface area (Å²) in [5, 5.41) is 2.51. The van der Waals surface area contributed by atoms with Crippen LogP contribution in [0.1, 0.15) is 11.1 Å². The van der Waals surface area contributed by atoms with E-state index in [9.17, 15) is 0 Å². The molecule has 2 aromatic carbocycles. The Labute approximate surface area is 128 Å². The fourth-order valence-electron chi connectivity index (χ4n) is 2.81. The summed E-state index contributed by atoms with van der Waals surface area (Å²) in [6.07, 6.45) is 3.14. The van der Waals surface area contributed by atoms with Gasteiger partial charge in [0.15, 0.2) is 0 Å². The molecule has 0 unspecified atom stereocenters. The molecule has 3 heteroatoms. The van der Waals surface area contributed by atoms with Crippen molar-refractivity contribution < 1.29 is 0 Å². The van der Waals surface area contributed by atoms with Crippen molar-refractivity contribution >= 4 is 27.7 Å². The van der Waals surface area contributed by atoms with Crippen molar-refractivity contribution in [1.29, 1.82) is 0 Å². The average molecular weight is 292 g/mol. The molecule has 0 saturated heterocycles. The number of aromatic nitrogens is 1. The monoisotopic (exact) mass is 292 g/mol. The fraction of sp³-hybridized carbons (Fsp3) is 0.167. The summed E-state index contributed by atoms with van der Waals surface area (Å²) < 4.78 is 0. The number of benzene rings is 2. The average Bonchev–Trinajstić information content (AvgIpc) is 3.17. The van der Waals surface area contributed by atoms with E-state index in [1.54, 1.807) is 0 Å². The minimum absolute atomic E-state index is 0.379. The smallest absolute Gasteiger partial charge is 0.0981 e. The van der Waals surface area contributed by atoms with E-state index in [0.717, 1.165) is 12.2 Å². The Morgan fingerprint density at radius 3 is 2.76 bits per heavy atom. The molecule has 3 aromatic rings. The highest BCUT2D eigenvalue weighted by Crippen LogP contribution is 2.27. The molecule has 104 valence electrons. The highest BCUT2D eigenvalue weighted by atomic mass is 32.2. The number of nitrogens with one attached hydrogen (secondary N) is 1. The molecule has 1 aliphatic heterocycles. The van der Waals surface area contributed by atoms with Crippen LogP contribution < -0.4 is 0 Å². The highest BCUT2D eigenvalue weighted by Gasteiger charge is 2.20. The van der Waals surface area contributed by atoms with Gasteiger partial charge in [-0.05, 0) is 18.1 Å². The Bertz CT molecular complexity index is 789. The van der Waals surface area contributed by atoms with E-state index in [1.807, 2.05) is 17.8 Å². The molecule has 0 radical (unpaired) electrons. The topological polar surface area (TPSA) is 28.1 Å². The lowest BCUT2D eigenvalue weighted by Gasteiger charge is -2.04. The number of para-hydroxylation sites is 1. The van der Waals surface area contributed by atoms with Gasteiger partial charge in [-0.2, -0.15) is 0 Å². The van der Waals surface area contributed by atoms with Gasteiger partial charge in [0, 0.05) is 28.4 Å². The van der Waals surface area contributed by atoms with E-state index in [4.69, 9.17) is 4.99 Å². The van der Waals surface area contributed by atoms with Gasteiger partial charge >= 0.3 is 0 Å². The minimum Gasteiger partial charge on any atom is -0.361 e. The van der Waals surface area contributed by atoms with Crippen LogP contribution in [0.25, 0.3) is 10.9 Å². The van der Waals surface area contributed by atoms with Crippen LogP contribution in [-0.4, -0.2) is 21.8 Å². The molecule has 1 aromatic heterocycles. The lowest BCUT2D eigenvalue weighted by molar-refractivity contribution is 0.766. The summed E-state index contributed by atoms with van der Waals surface area (Å²) >= 11 is 1.87. The number of aromatic amines is 1. The molecule has 0 fully saturated rings. The van der Waals surface area contributed by atoms with Gasteiger partial charge in [0.1, 0.15) is 0 Å². The van der Waals surface area contributed by atoms with Crippen LogP contribution in [0.2, 0.25) is 0 Å². The highest BCUT2D eigenvalue weighted by molar-refractivity contribution is 8.14. The molecule has 21 heavy (non-hydrogen) atoms. The molecular weight excluding hydrogens is 276 g/mol. The number of aliphatic imine (C=N–C) groups is 1. The SMILES string of the molecule is c1ccc(C2=N[C@H](Cc3c[nH]c4ccccc34)CS2)cc1. The zero-order valence-corrected chi connectivity index (χ0v) is 12.4. The number of hydrogen-bond acceptors (Lipinski definition) is 2. The second kappa shape index (κ2) is 5.41. The molecule has 0 amide bonds. The number of nitrogens with zero attached hydrogens (tertiary/aromatic N) is 1. The van der Waals surface area contributed by atoms with E-state index < -0.39 is 0 Å². The van der Waals surface area contributed by atoms with Gasteiger partial charge in [-0.3, -0.25) is 4.99 Å². The maximum atomic E-state index is 4.91. The first-order chi connectivity index (χ1) is 10.4. The van der Waals surface area contributed by atoms with Gasteiger partial charge in [0.2, 0.25) is 0 Å². The van der Waals surface area contributed by atoms with Crippen LogP contribution in [0.15, 0.2) is 65.8 Å². The molecule has 1 atom stereocenters. The Morgan fingerprint density at radius 2 is 1.86 bits per heavy atom. The summed E-state index contributed by atoms with van der Waals surface area (Å²) in [6, 6.07) is 19.3. The van der Waals surface area contributed by atoms with Crippen molar-refractivity contribution in [2.75, 3.05) is 5.75 Å². The number of thioether (sulfide) groups is 1. The van der Waals surface area contributed by atoms with Crippen LogP contribution in [0, 0.1) is 0 Å². The normalized spacial score (nSPS) is 18.1. The molecule has 4 rings (SSSR count). The molecule has 2 heterocycles. The van der Waals surface area contributed by atoms with E-state index in [2.05, 4.69) is 59.7 Å². The lowest BCUT2D eigenvalue weighted by Crippen LogP contribution is -2.07. The van der Waals surface area contributed by atoms with Gasteiger partial charge < -0.3 is 4.98 Å². The lowest BCUT2D eigenvalue weighted by atomic mass is 10.1. The van der Waals surface area contributed by atoms with Gasteiger partial charge in [-0.15, -0.1) is 11.8 Å². The maximum Gasteiger partial charge on any atom is 0.0981 e. The zero-order chi connectivity index (χ0) is 14.1. The number of fused-ring (bicyclic) bond motifs is 1. The van der Waals surface area contributed by atoms with Gasteiger partial charge in [-0.25, -0.2) is 0 Å². The van der Waals surface area contributed by atoms with Crippen LogP contribution in [0.5, 0.6) is 0 Å². The molecule has 0 saturated carbocycles. The van der Waals surface area contributed by atoms with Crippen LogP contribution in [0.3, 0.4) is 0 Å². The Morgan fingerprint density at radius 1 is 1.05 bits per heavy atom. The Kier molecular flexibility index (Phi) is 3.28. The first-order valence-corrected chi connectivity index (χ1v) is 8.20. The van der Waals surface area contributed by atoms with E-state index in [1.165, 1.54) is 27.1 Å². The fourth-order valence-corrected chi connectivity index (χ4v) is 3.88. The standard InChI is InChI=1S/C18H16N2S/c1-2-6-13(7-3-1)18-20-15(12-21-18)10-14-11-19-17-9-5-4-8-16(14)17/h1-9,11,15,19H,10,12H2/t15-/m1/s1. The van der Waals surface area contributed by atoms with Crippen molar-refractivity contribution in [3.63, 3.8) is 0 Å². The van der Waals surface area contributed by atoms with Gasteiger partial charge in [-0.1, -0.05) is 48.5 Å². The Hall–Kier alpha value is -2.00. The molecule has 2 nitrogen and oxygen atoms in total. The second-order valence-corrected chi connectivity index (χ2v) is 6.34. The van der Waals surface area contributed by atoms with Crippen molar-refractivity contribution in [2.24, 2.45) is 4.99 Å². The minimum atomic E-state index is 0.379. The molecule has 1 N–H and O–H groups in total. The van der Waals surface area contributed by atoms with E-state index in [-0.39, 0.29) is 0 Å². The first-order valence-electron chi connectivity index (χ1n) is 7.21. The molecule has 0 aliphatic carbocycles. The number of hydrogen-bond donors (Lipinski definition) is 1. The molecule has 0 bridgehead atoms. The summed E-state index contributed by atoms with van der Waals surface area (Å²) in [7, 11) is 0. The van der Waals surface area contributed by atoms with Crippen molar-refractivity contribution in [3.8, 4) is 0 Å². The summed E-state index contributed by atoms with van der Waals surface area (Å²) in [5.41, 5.74) is 3.82. The van der Waals surface area contributed by atoms with Crippen molar-refractivity contribution in [2.45, 2.75) is 12.5 Å². The summed E-state index contributed by atoms with van der Waals surface area (Å²) in [4.78, 5) is 8.26. The molecule has 1 aliphatic rings. The van der Waals surface area contributed by atoms with Crippen LogP contribution in [-0.2, 0) is 6.42 Å². The maximum absolute atomic E-state index is 4.91. The van der Waals surface area contributed by atoms with Gasteiger partial charge in [0.05, 0.1) is 11.1 Å². The quantitative estimate of drug-likeness (QED) is 0.767. The van der Waals surface area contributed by atoms with Gasteiger partial charge in [0.25, 0.3) is 0 Å².